The van der Waals surface area contributed by atoms with Crippen molar-refractivity contribution in [2.45, 2.75) is 6.61 Å². The number of aromatic nitrogens is 1. The molecule has 0 aliphatic carbocycles. The van der Waals surface area contributed by atoms with E-state index in [9.17, 15) is 12.9 Å². The first-order chi connectivity index (χ1) is 9.49. The van der Waals surface area contributed by atoms with Gasteiger partial charge in [0, 0.05) is 6.07 Å². The number of pyridine rings is 1. The molecule has 106 valence electrons. The average molecular weight is 282 g/mol. The fraction of sp³-hybridized carbons (Fsp3) is 0.154. The molecule has 2 rings (SSSR count). The van der Waals surface area contributed by atoms with Crippen molar-refractivity contribution in [3.05, 3.63) is 48.2 Å². The topological polar surface area (TPSA) is 31.4 Å². The highest BCUT2D eigenvalue weighted by Gasteiger charge is 2.25. The van der Waals surface area contributed by atoms with Gasteiger partial charge in [0.15, 0.2) is 0 Å². The number of hydrogen-bond donors (Lipinski definition) is 0. The number of halogens is 3. The summed E-state index contributed by atoms with van der Waals surface area (Å²) in [6.45, 7) is -4.95. The van der Waals surface area contributed by atoms with Gasteiger partial charge in [-0.15, -0.1) is 5.46 Å². The highest BCUT2D eigenvalue weighted by Crippen LogP contribution is 2.16. The number of ether oxygens (including phenoxy) is 2. The van der Waals surface area contributed by atoms with Gasteiger partial charge in [0.2, 0.25) is 5.88 Å². The first-order valence-corrected chi connectivity index (χ1v) is 5.91. The summed E-state index contributed by atoms with van der Waals surface area (Å²) < 4.78 is 48.1. The lowest BCUT2D eigenvalue weighted by Gasteiger charge is -2.16. The normalized spacial score (nSPS) is 11.2. The van der Waals surface area contributed by atoms with Gasteiger partial charge in [0.1, 0.15) is 12.4 Å². The van der Waals surface area contributed by atoms with Crippen LogP contribution in [0.4, 0.5) is 12.9 Å². The number of nitrogens with zero attached hydrogens (tertiary/aromatic N) is 1. The SMILES string of the molecule is COc1cccc(COc2cccc([B-](F)(F)F)c2)n1. The largest absolute Gasteiger partial charge is 0.509 e. The molecule has 7 heteroatoms. The minimum Gasteiger partial charge on any atom is -0.487 e. The maximum atomic E-state index is 12.6. The lowest BCUT2D eigenvalue weighted by atomic mass is 9.80. The summed E-state index contributed by atoms with van der Waals surface area (Å²) in [7, 11) is 1.49. The van der Waals surface area contributed by atoms with Gasteiger partial charge >= 0.3 is 6.98 Å². The van der Waals surface area contributed by atoms with E-state index in [0.29, 0.717) is 11.6 Å². The zero-order valence-electron chi connectivity index (χ0n) is 10.7. The molecular weight excluding hydrogens is 270 g/mol. The lowest BCUT2D eigenvalue weighted by molar-refractivity contribution is 0.298. The predicted molar refractivity (Wildman–Crippen MR) is 70.3 cm³/mol. The van der Waals surface area contributed by atoms with E-state index < -0.39 is 12.4 Å². The van der Waals surface area contributed by atoms with Gasteiger partial charge in [-0.2, -0.15) is 0 Å². The molecule has 0 aliphatic heterocycles. The molecule has 0 aliphatic rings. The van der Waals surface area contributed by atoms with Crippen LogP contribution in [-0.4, -0.2) is 19.1 Å². The zero-order valence-corrected chi connectivity index (χ0v) is 10.7. The van der Waals surface area contributed by atoms with E-state index in [0.717, 1.165) is 12.1 Å². The van der Waals surface area contributed by atoms with Crippen molar-refractivity contribution in [3.63, 3.8) is 0 Å². The van der Waals surface area contributed by atoms with E-state index in [4.69, 9.17) is 9.47 Å². The maximum Gasteiger partial charge on any atom is 0.509 e. The molecule has 0 unspecified atom stereocenters. The third-order valence-electron chi connectivity index (χ3n) is 2.61. The van der Waals surface area contributed by atoms with Crippen LogP contribution < -0.4 is 14.9 Å². The molecule has 0 atom stereocenters. The number of rotatable bonds is 5. The van der Waals surface area contributed by atoms with E-state index in [1.807, 2.05) is 0 Å². The summed E-state index contributed by atoms with van der Waals surface area (Å²) in [6, 6.07) is 9.93. The van der Waals surface area contributed by atoms with Crippen molar-refractivity contribution in [2.24, 2.45) is 0 Å². The number of hydrogen-bond acceptors (Lipinski definition) is 3. The molecule has 0 saturated carbocycles. The molecule has 0 spiro atoms. The van der Waals surface area contributed by atoms with Crippen molar-refractivity contribution in [1.29, 1.82) is 0 Å². The molecule has 1 heterocycles. The fourth-order valence-corrected chi connectivity index (χ4v) is 1.62. The van der Waals surface area contributed by atoms with Gasteiger partial charge in [-0.05, 0) is 18.2 Å². The third-order valence-corrected chi connectivity index (χ3v) is 2.61. The molecule has 0 amide bonds. The van der Waals surface area contributed by atoms with Crippen molar-refractivity contribution in [1.82, 2.24) is 4.98 Å². The average Bonchev–Trinajstić information content (AvgIpc) is 2.45. The molecule has 1 aromatic heterocycles. The third kappa shape index (κ3) is 3.66. The van der Waals surface area contributed by atoms with Gasteiger partial charge in [-0.3, -0.25) is 0 Å². The lowest BCUT2D eigenvalue weighted by Crippen LogP contribution is -2.33. The summed E-state index contributed by atoms with van der Waals surface area (Å²) in [5, 5.41) is 0. The minimum atomic E-state index is -5.02. The molecule has 3 nitrogen and oxygen atoms in total. The second-order valence-corrected chi connectivity index (χ2v) is 4.11. The zero-order chi connectivity index (χ0) is 14.6. The summed E-state index contributed by atoms with van der Waals surface area (Å²) in [4.78, 5) is 4.11. The minimum absolute atomic E-state index is 0.0749. The van der Waals surface area contributed by atoms with Crippen LogP contribution in [0.15, 0.2) is 42.5 Å². The molecule has 0 radical (unpaired) electrons. The van der Waals surface area contributed by atoms with Crippen LogP contribution >= 0.6 is 0 Å². The Balaban J connectivity index is 2.07. The maximum absolute atomic E-state index is 12.6. The summed E-state index contributed by atoms with van der Waals surface area (Å²) >= 11 is 0. The van der Waals surface area contributed by atoms with E-state index in [-0.39, 0.29) is 12.4 Å². The monoisotopic (exact) mass is 282 g/mol. The molecule has 1 aromatic carbocycles. The van der Waals surface area contributed by atoms with Crippen molar-refractivity contribution >= 4 is 12.4 Å². The second-order valence-electron chi connectivity index (χ2n) is 4.11. The Hall–Kier alpha value is -2.18. The Morgan fingerprint density at radius 1 is 1.10 bits per heavy atom. The Labute approximate surface area is 114 Å². The molecule has 0 bridgehead atoms. The van der Waals surface area contributed by atoms with Crippen LogP contribution in [0.3, 0.4) is 0 Å². The molecule has 0 saturated heterocycles. The van der Waals surface area contributed by atoms with Crippen molar-refractivity contribution < 1.29 is 22.4 Å². The molecule has 0 N–H and O–H groups in total. The van der Waals surface area contributed by atoms with Gasteiger partial charge in [0.25, 0.3) is 0 Å². The highest BCUT2D eigenvalue weighted by atomic mass is 19.4. The van der Waals surface area contributed by atoms with Crippen LogP contribution in [0.5, 0.6) is 11.6 Å². The Morgan fingerprint density at radius 3 is 2.55 bits per heavy atom. The molecule has 2 aromatic rings. The van der Waals surface area contributed by atoms with E-state index in [1.54, 1.807) is 18.2 Å². The van der Waals surface area contributed by atoms with Crippen molar-refractivity contribution in [3.8, 4) is 11.6 Å². The predicted octanol–water partition coefficient (Wildman–Crippen LogP) is 2.72. The van der Waals surface area contributed by atoms with Crippen molar-refractivity contribution in [2.75, 3.05) is 7.11 Å². The summed E-state index contributed by atoms with van der Waals surface area (Å²) in [5.41, 5.74) is -0.103. The summed E-state index contributed by atoms with van der Waals surface area (Å²) in [6.07, 6.45) is 0. The van der Waals surface area contributed by atoms with Crippen LogP contribution in [0.1, 0.15) is 5.69 Å². The standard InChI is InChI=1S/C13H12BF3NO2/c1-19-13-7-3-5-11(18-13)9-20-12-6-2-4-10(8-12)14(15,16)17/h2-8H,9H2,1H3/q-1. The van der Waals surface area contributed by atoms with Gasteiger partial charge < -0.3 is 22.4 Å². The highest BCUT2D eigenvalue weighted by molar-refractivity contribution is 6.73. The second kappa shape index (κ2) is 5.86. The summed E-state index contributed by atoms with van der Waals surface area (Å²) in [5.74, 6) is 0.588. The number of benzene rings is 1. The Morgan fingerprint density at radius 2 is 1.85 bits per heavy atom. The Kier molecular flexibility index (Phi) is 4.17. The fourth-order valence-electron chi connectivity index (χ4n) is 1.62. The van der Waals surface area contributed by atoms with Gasteiger partial charge in [-0.1, -0.05) is 18.2 Å². The van der Waals surface area contributed by atoms with E-state index in [2.05, 4.69) is 4.98 Å². The first-order valence-electron chi connectivity index (χ1n) is 5.91. The smallest absolute Gasteiger partial charge is 0.487 e. The van der Waals surface area contributed by atoms with E-state index >= 15 is 0 Å². The first kappa shape index (κ1) is 14.2. The van der Waals surface area contributed by atoms with Crippen LogP contribution in [0, 0.1) is 0 Å². The Bertz CT molecular complexity index is 590. The van der Waals surface area contributed by atoms with Crippen LogP contribution in [0.2, 0.25) is 0 Å². The molecular formula is C13H12BF3NO2-. The molecule has 20 heavy (non-hydrogen) atoms. The van der Waals surface area contributed by atoms with E-state index in [1.165, 1.54) is 19.2 Å². The van der Waals surface area contributed by atoms with Crippen LogP contribution in [-0.2, 0) is 6.61 Å². The quantitative estimate of drug-likeness (QED) is 0.790. The molecule has 0 fully saturated rings. The number of methoxy groups -OCH3 is 1. The van der Waals surface area contributed by atoms with Gasteiger partial charge in [-0.25, -0.2) is 4.98 Å². The van der Waals surface area contributed by atoms with Gasteiger partial charge in [0.05, 0.1) is 12.8 Å². The van der Waals surface area contributed by atoms with Crippen LogP contribution in [0.25, 0.3) is 0 Å².